The molecule has 23 heavy (non-hydrogen) atoms. The molecule has 4 unspecified atom stereocenters. The van der Waals surface area contributed by atoms with E-state index in [1.54, 1.807) is 6.08 Å². The van der Waals surface area contributed by atoms with E-state index in [0.717, 1.165) is 23.8 Å². The summed E-state index contributed by atoms with van der Waals surface area (Å²) >= 11 is 0. The van der Waals surface area contributed by atoms with Crippen molar-refractivity contribution < 1.29 is 4.39 Å². The number of hydrogen-bond acceptors (Lipinski definition) is 0. The van der Waals surface area contributed by atoms with Gasteiger partial charge in [-0.3, -0.25) is 0 Å². The molecule has 0 nitrogen and oxygen atoms in total. The van der Waals surface area contributed by atoms with Crippen molar-refractivity contribution >= 4 is 0 Å². The summed E-state index contributed by atoms with van der Waals surface area (Å²) in [5, 5.41) is 0. The van der Waals surface area contributed by atoms with Crippen LogP contribution < -0.4 is 0 Å². The Hall–Kier alpha value is -0.850. The molecular weight excluding hydrogens is 283 g/mol. The quantitative estimate of drug-likeness (QED) is 0.320. The summed E-state index contributed by atoms with van der Waals surface area (Å²) in [5.41, 5.74) is 1.45. The zero-order valence-electron chi connectivity index (χ0n) is 16.4. The molecule has 0 fully saturated rings. The Morgan fingerprint density at radius 3 is 1.91 bits per heavy atom. The van der Waals surface area contributed by atoms with Gasteiger partial charge in [-0.25, -0.2) is 4.39 Å². The minimum absolute atomic E-state index is 0.209. The summed E-state index contributed by atoms with van der Waals surface area (Å²) in [4.78, 5) is 0. The second kappa shape index (κ2) is 11.6. The van der Waals surface area contributed by atoms with Crippen LogP contribution in [0.3, 0.4) is 0 Å². The predicted molar refractivity (Wildman–Crippen MR) is 103 cm³/mol. The topological polar surface area (TPSA) is 0 Å². The second-order valence-corrected chi connectivity index (χ2v) is 7.55. The summed E-state index contributed by atoms with van der Waals surface area (Å²) < 4.78 is 13.8. The Bertz CT molecular complexity index is 391. The standard InChI is InChI=1S/C22H39F/c1-9-16(3)11-12-18(5)19(6)13-14-20(7)21(8)15-22(23)17(4)10-2/h15-16,18-20H,4,8-14H2,1-3,5-7H3/b22-15+. The molecule has 0 bridgehead atoms. The minimum atomic E-state index is -0.209. The summed E-state index contributed by atoms with van der Waals surface area (Å²) in [5.74, 6) is 2.43. The van der Waals surface area contributed by atoms with Crippen molar-refractivity contribution in [1.82, 2.24) is 0 Å². The van der Waals surface area contributed by atoms with E-state index in [4.69, 9.17) is 0 Å². The van der Waals surface area contributed by atoms with Crippen molar-refractivity contribution in [3.05, 3.63) is 36.2 Å². The summed E-state index contributed by atoms with van der Waals surface area (Å²) in [6.07, 6.45) is 8.41. The van der Waals surface area contributed by atoms with Gasteiger partial charge in [0.05, 0.1) is 0 Å². The van der Waals surface area contributed by atoms with E-state index in [-0.39, 0.29) is 5.83 Å². The normalized spacial score (nSPS) is 17.4. The number of hydrogen-bond donors (Lipinski definition) is 0. The van der Waals surface area contributed by atoms with Gasteiger partial charge in [0.1, 0.15) is 5.83 Å². The van der Waals surface area contributed by atoms with Crippen molar-refractivity contribution in [2.24, 2.45) is 23.7 Å². The summed E-state index contributed by atoms with van der Waals surface area (Å²) in [6, 6.07) is 0. The average molecular weight is 323 g/mol. The molecule has 0 spiro atoms. The third-order valence-electron chi connectivity index (χ3n) is 5.55. The summed E-state index contributed by atoms with van der Waals surface area (Å²) in [7, 11) is 0. The molecular formula is C22H39F. The zero-order chi connectivity index (χ0) is 18.0. The molecule has 0 aromatic carbocycles. The molecule has 0 radical (unpaired) electrons. The second-order valence-electron chi connectivity index (χ2n) is 7.55. The van der Waals surface area contributed by atoms with Gasteiger partial charge < -0.3 is 0 Å². The molecule has 0 heterocycles. The van der Waals surface area contributed by atoms with Crippen LogP contribution in [0.15, 0.2) is 36.2 Å². The molecule has 4 atom stereocenters. The van der Waals surface area contributed by atoms with E-state index in [0.29, 0.717) is 23.8 Å². The molecule has 0 aliphatic carbocycles. The molecule has 0 saturated heterocycles. The third kappa shape index (κ3) is 9.13. The van der Waals surface area contributed by atoms with Crippen LogP contribution >= 0.6 is 0 Å². The van der Waals surface area contributed by atoms with Gasteiger partial charge in [0.25, 0.3) is 0 Å². The third-order valence-corrected chi connectivity index (χ3v) is 5.55. The minimum Gasteiger partial charge on any atom is -0.207 e. The van der Waals surface area contributed by atoms with Gasteiger partial charge in [-0.15, -0.1) is 0 Å². The molecule has 0 saturated carbocycles. The highest BCUT2D eigenvalue weighted by Gasteiger charge is 2.15. The van der Waals surface area contributed by atoms with Crippen LogP contribution in [-0.2, 0) is 0 Å². The van der Waals surface area contributed by atoms with Crippen molar-refractivity contribution in [3.63, 3.8) is 0 Å². The molecule has 1 heteroatoms. The van der Waals surface area contributed by atoms with E-state index in [2.05, 4.69) is 47.8 Å². The maximum atomic E-state index is 13.8. The number of allylic oxidation sites excluding steroid dienone is 4. The highest BCUT2D eigenvalue weighted by Crippen LogP contribution is 2.28. The van der Waals surface area contributed by atoms with Crippen molar-refractivity contribution in [1.29, 1.82) is 0 Å². The highest BCUT2D eigenvalue weighted by molar-refractivity contribution is 5.30. The van der Waals surface area contributed by atoms with Crippen molar-refractivity contribution in [2.75, 3.05) is 0 Å². The Morgan fingerprint density at radius 1 is 0.913 bits per heavy atom. The Kier molecular flexibility index (Phi) is 11.2. The van der Waals surface area contributed by atoms with E-state index >= 15 is 0 Å². The van der Waals surface area contributed by atoms with Crippen LogP contribution in [0.25, 0.3) is 0 Å². The SMILES string of the molecule is C=C(CC)/C(F)=C\C(=C)C(C)CCC(C)C(C)CCC(C)CC. The van der Waals surface area contributed by atoms with E-state index < -0.39 is 0 Å². The Morgan fingerprint density at radius 2 is 1.43 bits per heavy atom. The van der Waals surface area contributed by atoms with Crippen molar-refractivity contribution in [3.8, 4) is 0 Å². The van der Waals surface area contributed by atoms with E-state index in [1.165, 1.54) is 25.7 Å². The average Bonchev–Trinajstić information content (AvgIpc) is 2.55. The lowest BCUT2D eigenvalue weighted by atomic mass is 9.83. The first-order valence-electron chi connectivity index (χ1n) is 9.46. The molecule has 0 aliphatic rings. The highest BCUT2D eigenvalue weighted by atomic mass is 19.1. The maximum absolute atomic E-state index is 13.8. The molecule has 0 aromatic heterocycles. The van der Waals surface area contributed by atoms with Gasteiger partial charge in [0, 0.05) is 0 Å². The first kappa shape index (κ1) is 22.1. The van der Waals surface area contributed by atoms with E-state index in [1.807, 2.05) is 6.92 Å². The van der Waals surface area contributed by atoms with Gasteiger partial charge in [-0.1, -0.05) is 74.0 Å². The van der Waals surface area contributed by atoms with Crippen LogP contribution in [0.5, 0.6) is 0 Å². The van der Waals surface area contributed by atoms with Crippen LogP contribution in [0, 0.1) is 23.7 Å². The lowest BCUT2D eigenvalue weighted by Gasteiger charge is -2.23. The maximum Gasteiger partial charge on any atom is 0.126 e. The molecule has 0 rings (SSSR count). The van der Waals surface area contributed by atoms with Crippen molar-refractivity contribution in [2.45, 2.75) is 80.1 Å². The molecule has 0 amide bonds. The lowest BCUT2D eigenvalue weighted by Crippen LogP contribution is -2.11. The van der Waals surface area contributed by atoms with Gasteiger partial charge in [0.2, 0.25) is 0 Å². The first-order chi connectivity index (χ1) is 10.7. The van der Waals surface area contributed by atoms with Crippen LogP contribution in [-0.4, -0.2) is 0 Å². The monoisotopic (exact) mass is 322 g/mol. The molecule has 0 aromatic rings. The first-order valence-corrected chi connectivity index (χ1v) is 9.46. The van der Waals surface area contributed by atoms with E-state index in [9.17, 15) is 4.39 Å². The zero-order valence-corrected chi connectivity index (χ0v) is 16.4. The number of rotatable bonds is 12. The van der Waals surface area contributed by atoms with Gasteiger partial charge in [-0.2, -0.15) is 0 Å². The molecule has 0 N–H and O–H groups in total. The fraction of sp³-hybridized carbons (Fsp3) is 0.727. The predicted octanol–water partition coefficient (Wildman–Crippen LogP) is 7.88. The lowest BCUT2D eigenvalue weighted by molar-refractivity contribution is 0.301. The van der Waals surface area contributed by atoms with Crippen LogP contribution in [0.4, 0.5) is 4.39 Å². The van der Waals surface area contributed by atoms with Gasteiger partial charge in [-0.05, 0) is 60.2 Å². The van der Waals surface area contributed by atoms with Crippen LogP contribution in [0.2, 0.25) is 0 Å². The Balaban J connectivity index is 4.28. The van der Waals surface area contributed by atoms with Gasteiger partial charge in [0.15, 0.2) is 0 Å². The fourth-order valence-electron chi connectivity index (χ4n) is 2.59. The fourth-order valence-corrected chi connectivity index (χ4v) is 2.59. The largest absolute Gasteiger partial charge is 0.207 e. The number of halogens is 1. The Labute approximate surface area is 144 Å². The van der Waals surface area contributed by atoms with Gasteiger partial charge >= 0.3 is 0 Å². The van der Waals surface area contributed by atoms with Crippen LogP contribution in [0.1, 0.15) is 80.1 Å². The molecule has 134 valence electrons. The molecule has 0 aliphatic heterocycles. The smallest absolute Gasteiger partial charge is 0.126 e. The summed E-state index contributed by atoms with van der Waals surface area (Å²) in [6.45, 7) is 21.2.